The standard InChI is InChI=1S/C14H20FN3O4S/c1-23(21,22)9-8-17-6-4-12(5-7-17)16-13-3-2-11(15)10-14(13)18(19)20/h2-3,10,12,16H,4-9H2,1H3. The number of nitro benzene ring substituents is 1. The number of anilines is 1. The first-order chi connectivity index (χ1) is 10.7. The zero-order valence-electron chi connectivity index (χ0n) is 12.9. The molecule has 0 spiro atoms. The van der Waals surface area contributed by atoms with Crippen molar-refractivity contribution in [2.75, 3.05) is 37.0 Å². The molecule has 0 aromatic heterocycles. The van der Waals surface area contributed by atoms with E-state index in [1.165, 1.54) is 18.4 Å². The number of hydrogen-bond donors (Lipinski definition) is 1. The normalized spacial score (nSPS) is 17.1. The first-order valence-corrected chi connectivity index (χ1v) is 9.41. The second-order valence-electron chi connectivity index (χ2n) is 5.81. The molecule has 0 amide bonds. The van der Waals surface area contributed by atoms with Crippen LogP contribution in [0.25, 0.3) is 0 Å². The van der Waals surface area contributed by atoms with Crippen LogP contribution in [-0.2, 0) is 9.84 Å². The van der Waals surface area contributed by atoms with Gasteiger partial charge in [-0.05, 0) is 25.0 Å². The van der Waals surface area contributed by atoms with Gasteiger partial charge in [-0.15, -0.1) is 0 Å². The summed E-state index contributed by atoms with van der Waals surface area (Å²) in [5, 5.41) is 14.1. The third-order valence-corrected chi connectivity index (χ3v) is 4.81. The van der Waals surface area contributed by atoms with Gasteiger partial charge in [0.1, 0.15) is 21.3 Å². The summed E-state index contributed by atoms with van der Waals surface area (Å²) in [6.45, 7) is 1.95. The Balaban J connectivity index is 1.91. The summed E-state index contributed by atoms with van der Waals surface area (Å²) in [5.41, 5.74) is 0.0375. The van der Waals surface area contributed by atoms with Crippen molar-refractivity contribution in [2.45, 2.75) is 18.9 Å². The lowest BCUT2D eigenvalue weighted by molar-refractivity contribution is -0.384. The molecule has 0 saturated carbocycles. The van der Waals surface area contributed by atoms with Gasteiger partial charge >= 0.3 is 0 Å². The summed E-state index contributed by atoms with van der Waals surface area (Å²) in [6.07, 6.45) is 2.71. The predicted octanol–water partition coefficient (Wildman–Crippen LogP) is 1.65. The monoisotopic (exact) mass is 345 g/mol. The number of likely N-dealkylation sites (tertiary alicyclic amines) is 1. The van der Waals surface area contributed by atoms with Crippen LogP contribution in [0.4, 0.5) is 15.8 Å². The molecule has 1 heterocycles. The molecule has 0 bridgehead atoms. The SMILES string of the molecule is CS(=O)(=O)CCN1CCC(Nc2ccc(F)cc2[N+](=O)[O-])CC1. The molecule has 23 heavy (non-hydrogen) atoms. The molecule has 7 nitrogen and oxygen atoms in total. The Bertz CT molecular complexity index is 673. The van der Waals surface area contributed by atoms with E-state index in [2.05, 4.69) is 10.2 Å². The van der Waals surface area contributed by atoms with E-state index in [-0.39, 0.29) is 17.5 Å². The molecule has 0 aliphatic carbocycles. The van der Waals surface area contributed by atoms with E-state index < -0.39 is 20.6 Å². The molecule has 0 unspecified atom stereocenters. The molecule has 1 aromatic carbocycles. The zero-order valence-corrected chi connectivity index (χ0v) is 13.7. The van der Waals surface area contributed by atoms with Crippen LogP contribution in [0.15, 0.2) is 18.2 Å². The fraction of sp³-hybridized carbons (Fsp3) is 0.571. The summed E-state index contributed by atoms with van der Waals surface area (Å²) in [6, 6.07) is 3.53. The Morgan fingerprint density at radius 3 is 2.61 bits per heavy atom. The second kappa shape index (κ2) is 7.22. The fourth-order valence-corrected chi connectivity index (χ4v) is 3.18. The summed E-state index contributed by atoms with van der Waals surface area (Å²) in [5.74, 6) is -0.507. The second-order valence-corrected chi connectivity index (χ2v) is 8.07. The van der Waals surface area contributed by atoms with Crippen LogP contribution < -0.4 is 5.32 Å². The molecule has 1 N–H and O–H groups in total. The van der Waals surface area contributed by atoms with Crippen molar-refractivity contribution in [3.63, 3.8) is 0 Å². The molecule has 0 atom stereocenters. The molecule has 1 aliphatic rings. The minimum Gasteiger partial charge on any atom is -0.377 e. The highest BCUT2D eigenvalue weighted by Crippen LogP contribution is 2.27. The molecule has 128 valence electrons. The average Bonchev–Trinajstić information content (AvgIpc) is 2.47. The zero-order chi connectivity index (χ0) is 17.0. The molecule has 1 saturated heterocycles. The van der Waals surface area contributed by atoms with Gasteiger partial charge in [-0.2, -0.15) is 0 Å². The number of halogens is 1. The molecular weight excluding hydrogens is 325 g/mol. The van der Waals surface area contributed by atoms with E-state index in [4.69, 9.17) is 0 Å². The number of sulfone groups is 1. The summed E-state index contributed by atoms with van der Waals surface area (Å²) in [4.78, 5) is 12.4. The van der Waals surface area contributed by atoms with Crippen LogP contribution >= 0.6 is 0 Å². The van der Waals surface area contributed by atoms with Crippen LogP contribution in [0, 0.1) is 15.9 Å². The molecule has 1 aliphatic heterocycles. The topological polar surface area (TPSA) is 92.6 Å². The van der Waals surface area contributed by atoms with Crippen LogP contribution in [0.5, 0.6) is 0 Å². The maximum atomic E-state index is 13.1. The summed E-state index contributed by atoms with van der Waals surface area (Å²) >= 11 is 0. The molecule has 1 aromatic rings. The van der Waals surface area contributed by atoms with Gasteiger partial charge in [0, 0.05) is 31.9 Å². The van der Waals surface area contributed by atoms with Crippen LogP contribution in [0.1, 0.15) is 12.8 Å². The lowest BCUT2D eigenvalue weighted by Gasteiger charge is -2.32. The molecule has 0 radical (unpaired) electrons. The fourth-order valence-electron chi connectivity index (χ4n) is 2.59. The average molecular weight is 345 g/mol. The third kappa shape index (κ3) is 5.43. The van der Waals surface area contributed by atoms with E-state index in [0.29, 0.717) is 12.2 Å². The van der Waals surface area contributed by atoms with E-state index in [0.717, 1.165) is 32.0 Å². The Hall–Kier alpha value is -1.74. The van der Waals surface area contributed by atoms with Crippen molar-refractivity contribution in [3.8, 4) is 0 Å². The first-order valence-electron chi connectivity index (χ1n) is 7.35. The van der Waals surface area contributed by atoms with Gasteiger partial charge in [-0.25, -0.2) is 12.8 Å². The Kier molecular flexibility index (Phi) is 5.53. The van der Waals surface area contributed by atoms with Gasteiger partial charge < -0.3 is 10.2 Å². The minimum atomic E-state index is -2.97. The molecule has 9 heteroatoms. The highest BCUT2D eigenvalue weighted by Gasteiger charge is 2.23. The quantitative estimate of drug-likeness (QED) is 0.622. The van der Waals surface area contributed by atoms with Crippen LogP contribution in [0.3, 0.4) is 0 Å². The number of nitrogens with one attached hydrogen (secondary N) is 1. The van der Waals surface area contributed by atoms with E-state index in [1.54, 1.807) is 0 Å². The van der Waals surface area contributed by atoms with Crippen molar-refractivity contribution >= 4 is 21.2 Å². The van der Waals surface area contributed by atoms with Crippen molar-refractivity contribution in [1.29, 1.82) is 0 Å². The number of nitro groups is 1. The van der Waals surface area contributed by atoms with Gasteiger partial charge in [-0.1, -0.05) is 0 Å². The first kappa shape index (κ1) is 17.6. The van der Waals surface area contributed by atoms with Gasteiger partial charge in [0.25, 0.3) is 5.69 Å². The van der Waals surface area contributed by atoms with Crippen molar-refractivity contribution in [2.24, 2.45) is 0 Å². The van der Waals surface area contributed by atoms with Crippen molar-refractivity contribution < 1.29 is 17.7 Å². The number of rotatable bonds is 6. The third-order valence-electron chi connectivity index (χ3n) is 3.88. The van der Waals surface area contributed by atoms with E-state index in [9.17, 15) is 22.9 Å². The highest BCUT2D eigenvalue weighted by atomic mass is 32.2. The predicted molar refractivity (Wildman–Crippen MR) is 85.8 cm³/mol. The number of benzene rings is 1. The highest BCUT2D eigenvalue weighted by molar-refractivity contribution is 7.90. The number of hydrogen-bond acceptors (Lipinski definition) is 6. The van der Waals surface area contributed by atoms with Gasteiger partial charge in [0.05, 0.1) is 16.7 Å². The van der Waals surface area contributed by atoms with Crippen molar-refractivity contribution in [3.05, 3.63) is 34.1 Å². The van der Waals surface area contributed by atoms with E-state index in [1.807, 2.05) is 0 Å². The largest absolute Gasteiger partial charge is 0.377 e. The lowest BCUT2D eigenvalue weighted by atomic mass is 10.0. The molecule has 1 fully saturated rings. The number of nitrogens with zero attached hydrogens (tertiary/aromatic N) is 2. The van der Waals surface area contributed by atoms with Gasteiger partial charge in [-0.3, -0.25) is 10.1 Å². The maximum Gasteiger partial charge on any atom is 0.295 e. The van der Waals surface area contributed by atoms with Gasteiger partial charge in [0.15, 0.2) is 0 Å². The summed E-state index contributed by atoms with van der Waals surface area (Å²) < 4.78 is 35.5. The van der Waals surface area contributed by atoms with Crippen molar-refractivity contribution in [1.82, 2.24) is 4.90 Å². The van der Waals surface area contributed by atoms with Crippen LogP contribution in [-0.4, -0.2) is 55.9 Å². The maximum absolute atomic E-state index is 13.1. The Morgan fingerprint density at radius 1 is 1.39 bits per heavy atom. The van der Waals surface area contributed by atoms with Gasteiger partial charge in [0.2, 0.25) is 0 Å². The van der Waals surface area contributed by atoms with Crippen LogP contribution in [0.2, 0.25) is 0 Å². The summed E-state index contributed by atoms with van der Waals surface area (Å²) in [7, 11) is -2.97. The Morgan fingerprint density at radius 2 is 2.04 bits per heavy atom. The van der Waals surface area contributed by atoms with E-state index >= 15 is 0 Å². The smallest absolute Gasteiger partial charge is 0.295 e. The molecule has 2 rings (SSSR count). The minimum absolute atomic E-state index is 0.0497. The lowest BCUT2D eigenvalue weighted by Crippen LogP contribution is -2.41. The Labute approximate surface area is 134 Å². The molecular formula is C14H20FN3O4S. The number of piperidine rings is 1.